The third kappa shape index (κ3) is 3.75. The topological polar surface area (TPSA) is 108 Å². The van der Waals surface area contributed by atoms with E-state index in [0.717, 1.165) is 16.9 Å². The van der Waals surface area contributed by atoms with E-state index >= 15 is 0 Å². The highest BCUT2D eigenvalue weighted by Gasteiger charge is 2.24. The first-order valence-corrected chi connectivity index (χ1v) is 8.65. The highest BCUT2D eigenvalue weighted by Crippen LogP contribution is 2.26. The number of carbonyl (C=O) groups excluding carboxylic acids is 3. The fraction of sp³-hybridized carbons (Fsp3) is 0.167. The lowest BCUT2D eigenvalue weighted by Crippen LogP contribution is -2.31. The van der Waals surface area contributed by atoms with Gasteiger partial charge in [-0.2, -0.15) is 0 Å². The second kappa shape index (κ2) is 7.40. The molecule has 2 aromatic rings. The Kier molecular flexibility index (Phi) is 5.04. The molecule has 3 N–H and O–H groups in total. The lowest BCUT2D eigenvalue weighted by Gasteiger charge is -2.19. The number of rotatable bonds is 5. The van der Waals surface area contributed by atoms with Gasteiger partial charge >= 0.3 is 5.97 Å². The molecule has 134 valence electrons. The van der Waals surface area contributed by atoms with Crippen molar-refractivity contribution < 1.29 is 23.9 Å². The SMILES string of the molecule is C[C@@H](OC(=O)C1=Cc2ccccc2OC1)C(=O)Nc1sccc1C(N)=O. The van der Waals surface area contributed by atoms with E-state index in [-0.39, 0.29) is 12.2 Å². The summed E-state index contributed by atoms with van der Waals surface area (Å²) in [5, 5.41) is 4.50. The van der Waals surface area contributed by atoms with Gasteiger partial charge in [0, 0.05) is 5.56 Å². The summed E-state index contributed by atoms with van der Waals surface area (Å²) in [6, 6.07) is 8.82. The van der Waals surface area contributed by atoms with Crippen LogP contribution in [0.2, 0.25) is 0 Å². The van der Waals surface area contributed by atoms with Crippen LogP contribution in [0.15, 0.2) is 41.3 Å². The number of nitrogens with two attached hydrogens (primary N) is 1. The Hall–Kier alpha value is -3.13. The number of nitrogens with one attached hydrogen (secondary N) is 1. The quantitative estimate of drug-likeness (QED) is 0.782. The zero-order valence-corrected chi connectivity index (χ0v) is 14.7. The molecule has 1 aliphatic rings. The molecule has 0 saturated heterocycles. The number of esters is 1. The monoisotopic (exact) mass is 372 g/mol. The molecule has 8 heteroatoms. The summed E-state index contributed by atoms with van der Waals surface area (Å²) >= 11 is 1.16. The molecule has 0 unspecified atom stereocenters. The number of thiophene rings is 1. The fourth-order valence-corrected chi connectivity index (χ4v) is 3.13. The van der Waals surface area contributed by atoms with Gasteiger partial charge in [-0.25, -0.2) is 4.79 Å². The Morgan fingerprint density at radius 3 is 2.81 bits per heavy atom. The number of anilines is 1. The number of benzene rings is 1. The molecule has 0 bridgehead atoms. The first-order valence-electron chi connectivity index (χ1n) is 7.77. The summed E-state index contributed by atoms with van der Waals surface area (Å²) in [6.07, 6.45) is 0.624. The lowest BCUT2D eigenvalue weighted by molar-refractivity contribution is -0.149. The third-order valence-electron chi connectivity index (χ3n) is 3.71. The van der Waals surface area contributed by atoms with E-state index in [1.807, 2.05) is 18.2 Å². The minimum absolute atomic E-state index is 0.0704. The molecule has 0 radical (unpaired) electrons. The van der Waals surface area contributed by atoms with Crippen LogP contribution in [0.3, 0.4) is 0 Å². The van der Waals surface area contributed by atoms with Gasteiger partial charge in [0.25, 0.3) is 11.8 Å². The number of fused-ring (bicyclic) bond motifs is 1. The maximum Gasteiger partial charge on any atom is 0.338 e. The van der Waals surface area contributed by atoms with Crippen LogP contribution >= 0.6 is 11.3 Å². The second-order valence-corrected chi connectivity index (χ2v) is 6.48. The van der Waals surface area contributed by atoms with Gasteiger partial charge < -0.3 is 20.5 Å². The molecule has 3 rings (SSSR count). The number of amides is 2. The highest BCUT2D eigenvalue weighted by atomic mass is 32.1. The largest absolute Gasteiger partial charge is 0.488 e. The summed E-state index contributed by atoms with van der Waals surface area (Å²) in [5.74, 6) is -1.15. The van der Waals surface area contributed by atoms with Crippen molar-refractivity contribution in [1.82, 2.24) is 0 Å². The van der Waals surface area contributed by atoms with Gasteiger partial charge in [0.1, 0.15) is 17.4 Å². The molecule has 1 aromatic heterocycles. The third-order valence-corrected chi connectivity index (χ3v) is 4.54. The average Bonchev–Trinajstić information content (AvgIpc) is 3.09. The zero-order chi connectivity index (χ0) is 18.7. The van der Waals surface area contributed by atoms with E-state index in [4.69, 9.17) is 15.2 Å². The molecular weight excluding hydrogens is 356 g/mol. The first-order chi connectivity index (χ1) is 12.5. The molecule has 0 spiro atoms. The molecule has 1 aliphatic heterocycles. The van der Waals surface area contributed by atoms with Crippen LogP contribution in [-0.4, -0.2) is 30.5 Å². The smallest absolute Gasteiger partial charge is 0.338 e. The van der Waals surface area contributed by atoms with E-state index in [0.29, 0.717) is 16.3 Å². The number of para-hydroxylation sites is 1. The van der Waals surface area contributed by atoms with E-state index in [2.05, 4.69) is 5.32 Å². The Balaban J connectivity index is 1.64. The minimum atomic E-state index is -1.05. The number of hydrogen-bond donors (Lipinski definition) is 2. The van der Waals surface area contributed by atoms with Crippen molar-refractivity contribution >= 4 is 40.2 Å². The van der Waals surface area contributed by atoms with Gasteiger partial charge in [-0.1, -0.05) is 18.2 Å². The van der Waals surface area contributed by atoms with Crippen LogP contribution < -0.4 is 15.8 Å². The molecule has 0 aliphatic carbocycles. The van der Waals surface area contributed by atoms with Crippen molar-refractivity contribution in [2.75, 3.05) is 11.9 Å². The number of hydrogen-bond acceptors (Lipinski definition) is 6. The van der Waals surface area contributed by atoms with Crippen LogP contribution in [0.1, 0.15) is 22.8 Å². The van der Waals surface area contributed by atoms with Crippen molar-refractivity contribution in [2.45, 2.75) is 13.0 Å². The summed E-state index contributed by atoms with van der Waals surface area (Å²) < 4.78 is 10.7. The Morgan fingerprint density at radius 1 is 1.27 bits per heavy atom. The zero-order valence-electron chi connectivity index (χ0n) is 13.9. The van der Waals surface area contributed by atoms with E-state index in [9.17, 15) is 14.4 Å². The standard InChI is InChI=1S/C18H16N2O5S/c1-10(16(22)20-17-13(15(19)21)6-7-26-17)25-18(23)12-8-11-4-2-3-5-14(11)24-9-12/h2-8,10H,9H2,1H3,(H2,19,21)(H,20,22)/t10-/m1/s1. The molecule has 1 atom stereocenters. The van der Waals surface area contributed by atoms with Crippen LogP contribution in [0, 0.1) is 0 Å². The van der Waals surface area contributed by atoms with Crippen molar-refractivity contribution in [2.24, 2.45) is 5.73 Å². The summed E-state index contributed by atoms with van der Waals surface area (Å²) in [4.78, 5) is 35.8. The van der Waals surface area contributed by atoms with Gasteiger partial charge in [0.2, 0.25) is 0 Å². The van der Waals surface area contributed by atoms with Gasteiger partial charge in [-0.3, -0.25) is 9.59 Å². The molecule has 2 amide bonds. The Labute approximate surface area is 153 Å². The first kappa shape index (κ1) is 17.7. The van der Waals surface area contributed by atoms with Crippen LogP contribution in [0.4, 0.5) is 5.00 Å². The predicted molar refractivity (Wildman–Crippen MR) is 96.9 cm³/mol. The molecule has 1 aromatic carbocycles. The number of primary amides is 1. The van der Waals surface area contributed by atoms with E-state index in [1.54, 1.807) is 17.5 Å². The predicted octanol–water partition coefficient (Wildman–Crippen LogP) is 2.19. The van der Waals surface area contributed by atoms with Gasteiger partial charge in [-0.05, 0) is 30.5 Å². The van der Waals surface area contributed by atoms with Gasteiger partial charge in [0.15, 0.2) is 6.10 Å². The summed E-state index contributed by atoms with van der Waals surface area (Å²) in [7, 11) is 0. The van der Waals surface area contributed by atoms with E-state index < -0.39 is 23.9 Å². The lowest BCUT2D eigenvalue weighted by atomic mass is 10.1. The molecule has 0 saturated carbocycles. The highest BCUT2D eigenvalue weighted by molar-refractivity contribution is 7.14. The molecule has 0 fully saturated rings. The van der Waals surface area contributed by atoms with Crippen LogP contribution in [0.25, 0.3) is 6.08 Å². The average molecular weight is 372 g/mol. The Morgan fingerprint density at radius 2 is 2.04 bits per heavy atom. The van der Waals surface area contributed by atoms with Crippen molar-refractivity contribution in [1.29, 1.82) is 0 Å². The fourth-order valence-electron chi connectivity index (χ4n) is 2.34. The van der Waals surface area contributed by atoms with Gasteiger partial charge in [0.05, 0.1) is 11.1 Å². The summed E-state index contributed by atoms with van der Waals surface area (Å²) in [6.45, 7) is 1.52. The van der Waals surface area contributed by atoms with Crippen molar-refractivity contribution in [3.63, 3.8) is 0 Å². The molecule has 26 heavy (non-hydrogen) atoms. The van der Waals surface area contributed by atoms with Crippen molar-refractivity contribution in [3.05, 3.63) is 52.4 Å². The maximum atomic E-state index is 12.3. The van der Waals surface area contributed by atoms with Crippen molar-refractivity contribution in [3.8, 4) is 5.75 Å². The van der Waals surface area contributed by atoms with Crippen LogP contribution in [-0.2, 0) is 14.3 Å². The molecular formula is C18H16N2O5S. The summed E-state index contributed by atoms with van der Waals surface area (Å²) in [5.41, 5.74) is 6.54. The number of ether oxygens (including phenoxy) is 2. The van der Waals surface area contributed by atoms with Gasteiger partial charge in [-0.15, -0.1) is 11.3 Å². The Bertz CT molecular complexity index is 902. The number of carbonyl (C=O) groups is 3. The molecule has 7 nitrogen and oxygen atoms in total. The molecule has 2 heterocycles. The second-order valence-electron chi connectivity index (χ2n) is 5.56. The maximum absolute atomic E-state index is 12.3. The normalized spacial score (nSPS) is 13.7. The van der Waals surface area contributed by atoms with E-state index in [1.165, 1.54) is 13.0 Å². The van der Waals surface area contributed by atoms with Crippen LogP contribution in [0.5, 0.6) is 5.75 Å². The minimum Gasteiger partial charge on any atom is -0.488 e.